The molecule has 0 saturated heterocycles. The van der Waals surface area contributed by atoms with Crippen molar-refractivity contribution in [1.82, 2.24) is 10.6 Å². The predicted octanol–water partition coefficient (Wildman–Crippen LogP) is 4.02. The summed E-state index contributed by atoms with van der Waals surface area (Å²) in [6.45, 7) is 6.83. The van der Waals surface area contributed by atoms with Crippen molar-refractivity contribution in [3.8, 4) is 17.2 Å². The zero-order valence-electron chi connectivity index (χ0n) is 17.7. The summed E-state index contributed by atoms with van der Waals surface area (Å²) < 4.78 is 16.3. The lowest BCUT2D eigenvalue weighted by Gasteiger charge is -2.13. The maximum absolute atomic E-state index is 5.69. The quantitative estimate of drug-likeness (QED) is 0.286. The van der Waals surface area contributed by atoms with Crippen molar-refractivity contribution in [3.05, 3.63) is 53.6 Å². The van der Waals surface area contributed by atoms with Crippen LogP contribution >= 0.6 is 24.0 Å². The number of rotatable bonds is 10. The summed E-state index contributed by atoms with van der Waals surface area (Å²) in [6.07, 6.45) is 0.858. The van der Waals surface area contributed by atoms with Crippen LogP contribution in [0.25, 0.3) is 0 Å². The Labute approximate surface area is 191 Å². The van der Waals surface area contributed by atoms with Gasteiger partial charge in [-0.05, 0) is 49.6 Å². The van der Waals surface area contributed by atoms with E-state index in [2.05, 4.69) is 28.6 Å². The summed E-state index contributed by atoms with van der Waals surface area (Å²) in [5.41, 5.74) is 2.24. The van der Waals surface area contributed by atoms with E-state index in [0.29, 0.717) is 24.7 Å². The van der Waals surface area contributed by atoms with Gasteiger partial charge in [0.15, 0.2) is 17.5 Å². The van der Waals surface area contributed by atoms with Crippen molar-refractivity contribution in [2.24, 2.45) is 4.99 Å². The average molecular weight is 513 g/mol. The number of guanidine groups is 1. The highest BCUT2D eigenvalue weighted by atomic mass is 127. The number of nitrogens with zero attached hydrogens (tertiary/aromatic N) is 1. The van der Waals surface area contributed by atoms with Crippen molar-refractivity contribution in [2.45, 2.75) is 26.8 Å². The number of nitrogens with one attached hydrogen (secondary N) is 2. The van der Waals surface area contributed by atoms with Gasteiger partial charge in [-0.2, -0.15) is 0 Å². The molecule has 0 amide bonds. The Morgan fingerprint density at radius 2 is 1.69 bits per heavy atom. The summed E-state index contributed by atoms with van der Waals surface area (Å²) in [4.78, 5) is 4.67. The lowest BCUT2D eigenvalue weighted by molar-refractivity contribution is 0.336. The summed E-state index contributed by atoms with van der Waals surface area (Å²) in [7, 11) is 3.27. The van der Waals surface area contributed by atoms with E-state index in [1.807, 2.05) is 43.3 Å². The van der Waals surface area contributed by atoms with Crippen LogP contribution in [-0.4, -0.2) is 39.9 Å². The smallest absolute Gasteiger partial charge is 0.191 e. The van der Waals surface area contributed by atoms with E-state index >= 15 is 0 Å². The third-order valence-electron chi connectivity index (χ3n) is 4.17. The van der Waals surface area contributed by atoms with Crippen molar-refractivity contribution in [3.63, 3.8) is 0 Å². The van der Waals surface area contributed by atoms with Gasteiger partial charge in [0.1, 0.15) is 5.75 Å². The topological polar surface area (TPSA) is 64.1 Å². The number of para-hydroxylation sites is 1. The molecule has 0 unspecified atom stereocenters. The predicted molar refractivity (Wildman–Crippen MR) is 129 cm³/mol. The number of hydrogen-bond donors (Lipinski definition) is 2. The van der Waals surface area contributed by atoms with Gasteiger partial charge in [-0.1, -0.05) is 24.3 Å². The third kappa shape index (κ3) is 8.00. The number of methoxy groups -OCH3 is 2. The van der Waals surface area contributed by atoms with Crippen LogP contribution in [-0.2, 0) is 13.0 Å². The van der Waals surface area contributed by atoms with E-state index < -0.39 is 0 Å². The van der Waals surface area contributed by atoms with Crippen LogP contribution in [0.2, 0.25) is 0 Å². The minimum atomic E-state index is 0. The molecule has 0 heterocycles. The van der Waals surface area contributed by atoms with E-state index in [4.69, 9.17) is 14.2 Å². The van der Waals surface area contributed by atoms with Gasteiger partial charge in [-0.25, -0.2) is 4.99 Å². The van der Waals surface area contributed by atoms with E-state index in [0.717, 1.165) is 36.8 Å². The lowest BCUT2D eigenvalue weighted by atomic mass is 10.1. The molecule has 0 aliphatic heterocycles. The van der Waals surface area contributed by atoms with Crippen LogP contribution in [0, 0.1) is 0 Å². The first kappa shape index (κ1) is 24.9. The molecule has 7 heteroatoms. The largest absolute Gasteiger partial charge is 0.494 e. The van der Waals surface area contributed by atoms with Gasteiger partial charge in [0, 0.05) is 13.1 Å². The van der Waals surface area contributed by atoms with Crippen molar-refractivity contribution in [2.75, 3.05) is 33.9 Å². The normalized spacial score (nSPS) is 10.7. The molecule has 29 heavy (non-hydrogen) atoms. The average Bonchev–Trinajstić information content (AvgIpc) is 2.73. The highest BCUT2D eigenvalue weighted by Gasteiger charge is 2.06. The molecule has 0 aromatic heterocycles. The van der Waals surface area contributed by atoms with Crippen LogP contribution < -0.4 is 24.8 Å². The number of halogens is 1. The second kappa shape index (κ2) is 13.9. The molecule has 0 saturated carbocycles. The van der Waals surface area contributed by atoms with Crippen LogP contribution in [0.3, 0.4) is 0 Å². The molecular weight excluding hydrogens is 481 g/mol. The number of hydrogen-bond acceptors (Lipinski definition) is 4. The third-order valence-corrected chi connectivity index (χ3v) is 4.17. The van der Waals surface area contributed by atoms with E-state index in [9.17, 15) is 0 Å². The van der Waals surface area contributed by atoms with Gasteiger partial charge in [-0.3, -0.25) is 0 Å². The SMILES string of the molecule is CCNC(=NCc1ccc(OC)c(OC)c1)NCCc1ccccc1OCC.I. The number of aliphatic imine (C=N–C) groups is 1. The minimum Gasteiger partial charge on any atom is -0.494 e. The first-order valence-electron chi connectivity index (χ1n) is 9.65. The number of ether oxygens (including phenoxy) is 3. The molecule has 2 aromatic carbocycles. The van der Waals surface area contributed by atoms with E-state index in [1.165, 1.54) is 5.56 Å². The standard InChI is InChI=1S/C22H31N3O3.HI/c1-5-23-22(24-14-13-18-9-7-8-10-19(18)28-6-2)25-16-17-11-12-20(26-3)21(15-17)27-4;/h7-12,15H,5-6,13-14,16H2,1-4H3,(H2,23,24,25);1H. The lowest BCUT2D eigenvalue weighted by Crippen LogP contribution is -2.38. The zero-order valence-corrected chi connectivity index (χ0v) is 20.0. The van der Waals surface area contributed by atoms with Crippen LogP contribution in [0.5, 0.6) is 17.2 Å². The molecule has 2 N–H and O–H groups in total. The van der Waals surface area contributed by atoms with Crippen LogP contribution in [0.1, 0.15) is 25.0 Å². The van der Waals surface area contributed by atoms with Crippen molar-refractivity contribution < 1.29 is 14.2 Å². The molecule has 2 aromatic rings. The fourth-order valence-electron chi connectivity index (χ4n) is 2.81. The maximum Gasteiger partial charge on any atom is 0.191 e. The molecule has 0 atom stereocenters. The molecule has 0 aliphatic rings. The molecule has 6 nitrogen and oxygen atoms in total. The summed E-state index contributed by atoms with van der Waals surface area (Å²) in [5, 5.41) is 6.67. The minimum absolute atomic E-state index is 0. The van der Waals surface area contributed by atoms with Crippen LogP contribution in [0.15, 0.2) is 47.5 Å². The number of benzene rings is 2. The monoisotopic (exact) mass is 513 g/mol. The second-order valence-corrected chi connectivity index (χ2v) is 6.10. The summed E-state index contributed by atoms with van der Waals surface area (Å²) >= 11 is 0. The molecule has 0 spiro atoms. The fraction of sp³-hybridized carbons (Fsp3) is 0.409. The fourth-order valence-corrected chi connectivity index (χ4v) is 2.81. The molecule has 0 bridgehead atoms. The Morgan fingerprint density at radius 1 is 0.931 bits per heavy atom. The van der Waals surface area contributed by atoms with Crippen molar-refractivity contribution >= 4 is 29.9 Å². The Bertz CT molecular complexity index is 769. The summed E-state index contributed by atoms with van der Waals surface area (Å²) in [5.74, 6) is 3.15. The molecule has 2 rings (SSSR count). The van der Waals surface area contributed by atoms with Gasteiger partial charge in [0.2, 0.25) is 0 Å². The molecule has 0 fully saturated rings. The zero-order chi connectivity index (χ0) is 20.2. The Hall–Kier alpha value is -2.16. The Balaban J connectivity index is 0.00000420. The van der Waals surface area contributed by atoms with Gasteiger partial charge >= 0.3 is 0 Å². The first-order valence-corrected chi connectivity index (χ1v) is 9.65. The Morgan fingerprint density at radius 3 is 2.38 bits per heavy atom. The first-order chi connectivity index (χ1) is 13.7. The van der Waals surface area contributed by atoms with Crippen molar-refractivity contribution in [1.29, 1.82) is 0 Å². The highest BCUT2D eigenvalue weighted by Crippen LogP contribution is 2.27. The van der Waals surface area contributed by atoms with Gasteiger partial charge < -0.3 is 24.8 Å². The molecule has 160 valence electrons. The van der Waals surface area contributed by atoms with Crippen LogP contribution in [0.4, 0.5) is 0 Å². The van der Waals surface area contributed by atoms with Gasteiger partial charge in [-0.15, -0.1) is 24.0 Å². The van der Waals surface area contributed by atoms with Gasteiger partial charge in [0.05, 0.1) is 27.4 Å². The maximum atomic E-state index is 5.69. The van der Waals surface area contributed by atoms with E-state index in [1.54, 1.807) is 14.2 Å². The summed E-state index contributed by atoms with van der Waals surface area (Å²) in [6, 6.07) is 14.0. The molecular formula is C22H32IN3O3. The molecule has 0 aliphatic carbocycles. The second-order valence-electron chi connectivity index (χ2n) is 6.10. The Kier molecular flexibility index (Phi) is 11.9. The molecule has 0 radical (unpaired) electrons. The van der Waals surface area contributed by atoms with E-state index in [-0.39, 0.29) is 24.0 Å². The highest BCUT2D eigenvalue weighted by molar-refractivity contribution is 14.0. The van der Waals surface area contributed by atoms with Gasteiger partial charge in [0.25, 0.3) is 0 Å².